The molecule has 0 spiro atoms. The van der Waals surface area contributed by atoms with Crippen LogP contribution in [0.2, 0.25) is 0 Å². The van der Waals surface area contributed by atoms with Gasteiger partial charge in [-0.25, -0.2) is 0 Å². The van der Waals surface area contributed by atoms with Crippen LogP contribution in [0.4, 0.5) is 5.69 Å². The van der Waals surface area contributed by atoms with E-state index in [1.165, 1.54) is 17.3 Å². The van der Waals surface area contributed by atoms with Crippen LogP contribution in [0.1, 0.15) is 22.3 Å². The first-order chi connectivity index (χ1) is 14.9. The smallest absolute Gasteiger partial charge is 0.270 e. The highest BCUT2D eigenvalue weighted by Gasteiger charge is 2.33. The second-order valence-electron chi connectivity index (χ2n) is 7.24. The Bertz CT molecular complexity index is 1190. The van der Waals surface area contributed by atoms with E-state index in [4.69, 9.17) is 17.0 Å². The molecule has 0 saturated carbocycles. The molecule has 0 N–H and O–H groups in total. The number of anilines is 1. The molecular formula is C25H20BrNO2S2. The molecule has 6 heteroatoms. The Morgan fingerprint density at radius 2 is 1.81 bits per heavy atom. The van der Waals surface area contributed by atoms with Gasteiger partial charge in [-0.3, -0.25) is 9.69 Å². The van der Waals surface area contributed by atoms with Crippen molar-refractivity contribution >= 4 is 61.9 Å². The third kappa shape index (κ3) is 4.92. The van der Waals surface area contributed by atoms with E-state index in [9.17, 15) is 4.79 Å². The average Bonchev–Trinajstić information content (AvgIpc) is 3.03. The minimum absolute atomic E-state index is 0.118. The molecule has 31 heavy (non-hydrogen) atoms. The Kier molecular flexibility index (Phi) is 6.60. The summed E-state index contributed by atoms with van der Waals surface area (Å²) in [6.07, 6.45) is 1.85. The van der Waals surface area contributed by atoms with Crippen molar-refractivity contribution in [3.05, 3.63) is 98.4 Å². The van der Waals surface area contributed by atoms with Gasteiger partial charge in [0.2, 0.25) is 0 Å². The van der Waals surface area contributed by atoms with Gasteiger partial charge in [-0.2, -0.15) is 0 Å². The number of nitrogens with zero attached hydrogens (tertiary/aromatic N) is 1. The lowest BCUT2D eigenvalue weighted by Gasteiger charge is -2.16. The van der Waals surface area contributed by atoms with Crippen LogP contribution in [0.15, 0.2) is 76.1 Å². The van der Waals surface area contributed by atoms with Gasteiger partial charge in [0.15, 0.2) is 4.32 Å². The Balaban J connectivity index is 1.62. The first-order valence-corrected chi connectivity index (χ1v) is 11.8. The number of aryl methyl sites for hydroxylation is 2. The van der Waals surface area contributed by atoms with Gasteiger partial charge in [0.05, 0.1) is 10.6 Å². The van der Waals surface area contributed by atoms with E-state index in [0.29, 0.717) is 21.6 Å². The third-order valence-corrected chi connectivity index (χ3v) is 6.83. The summed E-state index contributed by atoms with van der Waals surface area (Å²) in [5.74, 6) is 0.593. The maximum absolute atomic E-state index is 13.2. The molecule has 0 unspecified atom stereocenters. The summed E-state index contributed by atoms with van der Waals surface area (Å²) in [6, 6.07) is 21.7. The standard InChI is InChI=1S/C25H20BrNO2S2/c1-16-8-10-21(12-17(16)2)27-24(28)23(31-25(27)30)14-19-13-20(26)9-11-22(19)29-15-18-6-4-3-5-7-18/h3-14H,15H2,1-2H3. The molecule has 0 radical (unpaired) electrons. The number of benzene rings is 3. The van der Waals surface area contributed by atoms with Crippen LogP contribution in [0.25, 0.3) is 6.08 Å². The molecule has 4 rings (SSSR count). The van der Waals surface area contributed by atoms with Crippen LogP contribution < -0.4 is 9.64 Å². The molecule has 156 valence electrons. The number of rotatable bonds is 5. The minimum Gasteiger partial charge on any atom is -0.488 e. The van der Waals surface area contributed by atoms with Crippen LogP contribution in [0.5, 0.6) is 5.75 Å². The van der Waals surface area contributed by atoms with E-state index < -0.39 is 0 Å². The summed E-state index contributed by atoms with van der Waals surface area (Å²) in [6.45, 7) is 4.53. The topological polar surface area (TPSA) is 29.5 Å². The van der Waals surface area contributed by atoms with Gasteiger partial charge in [0.1, 0.15) is 12.4 Å². The Hall–Kier alpha value is -2.41. The molecule has 1 saturated heterocycles. The number of thioether (sulfide) groups is 1. The lowest BCUT2D eigenvalue weighted by molar-refractivity contribution is -0.113. The minimum atomic E-state index is -0.118. The first kappa shape index (κ1) is 21.8. The molecule has 0 bridgehead atoms. The number of hydrogen-bond acceptors (Lipinski definition) is 4. The van der Waals surface area contributed by atoms with Crippen molar-refractivity contribution in [3.8, 4) is 5.75 Å². The number of carbonyl (C=O) groups excluding carboxylic acids is 1. The van der Waals surface area contributed by atoms with Crippen LogP contribution >= 0.6 is 39.9 Å². The van der Waals surface area contributed by atoms with Crippen molar-refractivity contribution in [1.29, 1.82) is 0 Å². The number of thiocarbonyl (C=S) groups is 1. The van der Waals surface area contributed by atoms with E-state index in [0.717, 1.165) is 26.9 Å². The van der Waals surface area contributed by atoms with Gasteiger partial charge in [0, 0.05) is 10.0 Å². The molecule has 1 aliphatic heterocycles. The molecule has 1 fully saturated rings. The molecule has 0 atom stereocenters. The maximum Gasteiger partial charge on any atom is 0.270 e. The van der Waals surface area contributed by atoms with Crippen LogP contribution in [-0.2, 0) is 11.4 Å². The predicted molar refractivity (Wildman–Crippen MR) is 136 cm³/mol. The maximum atomic E-state index is 13.2. The van der Waals surface area contributed by atoms with E-state index in [1.807, 2.05) is 86.7 Å². The molecule has 0 aromatic heterocycles. The summed E-state index contributed by atoms with van der Waals surface area (Å²) in [4.78, 5) is 15.4. The second-order valence-corrected chi connectivity index (χ2v) is 9.83. The first-order valence-electron chi connectivity index (χ1n) is 9.74. The molecule has 3 aromatic rings. The quantitative estimate of drug-likeness (QED) is 0.272. The van der Waals surface area contributed by atoms with Crippen LogP contribution in [0.3, 0.4) is 0 Å². The number of carbonyl (C=O) groups is 1. The third-order valence-electron chi connectivity index (χ3n) is 5.04. The van der Waals surface area contributed by atoms with Crippen molar-refractivity contribution < 1.29 is 9.53 Å². The molecule has 1 aliphatic rings. The van der Waals surface area contributed by atoms with E-state index >= 15 is 0 Å². The zero-order valence-electron chi connectivity index (χ0n) is 17.1. The number of ether oxygens (including phenoxy) is 1. The molecule has 1 amide bonds. The highest BCUT2D eigenvalue weighted by molar-refractivity contribution is 9.10. The molecule has 1 heterocycles. The summed E-state index contributed by atoms with van der Waals surface area (Å²) < 4.78 is 7.50. The SMILES string of the molecule is Cc1ccc(N2C(=O)C(=Cc3cc(Br)ccc3OCc3ccccc3)SC2=S)cc1C. The molecule has 0 aliphatic carbocycles. The van der Waals surface area contributed by atoms with Crippen molar-refractivity contribution in [2.24, 2.45) is 0 Å². The van der Waals surface area contributed by atoms with Crippen molar-refractivity contribution in [3.63, 3.8) is 0 Å². The van der Waals surface area contributed by atoms with E-state index in [2.05, 4.69) is 15.9 Å². The Labute approximate surface area is 200 Å². The molecule has 3 aromatic carbocycles. The Morgan fingerprint density at radius 3 is 2.55 bits per heavy atom. The van der Waals surface area contributed by atoms with Gasteiger partial charge >= 0.3 is 0 Å². The predicted octanol–water partition coefficient (Wildman–Crippen LogP) is 7.05. The van der Waals surface area contributed by atoms with Gasteiger partial charge in [0.25, 0.3) is 5.91 Å². The average molecular weight is 510 g/mol. The van der Waals surface area contributed by atoms with Gasteiger partial charge < -0.3 is 4.74 Å². The number of amides is 1. The fraction of sp³-hybridized carbons (Fsp3) is 0.120. The fourth-order valence-electron chi connectivity index (χ4n) is 3.20. The van der Waals surface area contributed by atoms with Gasteiger partial charge in [-0.1, -0.05) is 76.3 Å². The summed E-state index contributed by atoms with van der Waals surface area (Å²) >= 11 is 10.4. The largest absolute Gasteiger partial charge is 0.488 e. The number of hydrogen-bond donors (Lipinski definition) is 0. The molecule has 3 nitrogen and oxygen atoms in total. The van der Waals surface area contributed by atoms with E-state index in [1.54, 1.807) is 4.90 Å². The lowest BCUT2D eigenvalue weighted by atomic mass is 10.1. The van der Waals surface area contributed by atoms with Crippen LogP contribution in [-0.4, -0.2) is 10.2 Å². The van der Waals surface area contributed by atoms with Crippen molar-refractivity contribution in [2.75, 3.05) is 4.90 Å². The Morgan fingerprint density at radius 1 is 1.03 bits per heavy atom. The second kappa shape index (κ2) is 9.39. The lowest BCUT2D eigenvalue weighted by Crippen LogP contribution is -2.27. The fourth-order valence-corrected chi connectivity index (χ4v) is 4.86. The van der Waals surface area contributed by atoms with Gasteiger partial charge in [-0.15, -0.1) is 0 Å². The highest BCUT2D eigenvalue weighted by Crippen LogP contribution is 2.38. The van der Waals surface area contributed by atoms with Crippen molar-refractivity contribution in [1.82, 2.24) is 0 Å². The zero-order valence-corrected chi connectivity index (χ0v) is 20.3. The van der Waals surface area contributed by atoms with Gasteiger partial charge in [-0.05, 0) is 66.9 Å². The van der Waals surface area contributed by atoms with Crippen LogP contribution in [0, 0.1) is 13.8 Å². The summed E-state index contributed by atoms with van der Waals surface area (Å²) in [5.41, 5.74) is 5.00. The molecular weight excluding hydrogens is 490 g/mol. The number of halogens is 1. The monoisotopic (exact) mass is 509 g/mol. The normalized spacial score (nSPS) is 15.1. The summed E-state index contributed by atoms with van der Waals surface area (Å²) in [7, 11) is 0. The summed E-state index contributed by atoms with van der Waals surface area (Å²) in [5, 5.41) is 0. The van der Waals surface area contributed by atoms with E-state index in [-0.39, 0.29) is 5.91 Å². The highest BCUT2D eigenvalue weighted by atomic mass is 79.9. The van der Waals surface area contributed by atoms with Crippen molar-refractivity contribution in [2.45, 2.75) is 20.5 Å². The zero-order chi connectivity index (χ0) is 22.0.